The Morgan fingerprint density at radius 2 is 2.07 bits per heavy atom. The molecule has 0 fully saturated rings. The van der Waals surface area contributed by atoms with Gasteiger partial charge in [0.2, 0.25) is 0 Å². The van der Waals surface area contributed by atoms with Crippen molar-refractivity contribution < 1.29 is 5.11 Å². The second kappa shape index (κ2) is 5.56. The van der Waals surface area contributed by atoms with E-state index in [1.54, 1.807) is 0 Å². The number of nitrogens with two attached hydrogens (primary N) is 2. The summed E-state index contributed by atoms with van der Waals surface area (Å²) in [5, 5.41) is 9.71. The standard InChI is InChI=1S/C9H13BrN2O.ClH/c1-5-2-3-6(10)8(9(5)13)7(12)4-11;/h2-3,7,13H,4,11-12H2,1H3;1H/t7-;/m1./s1. The van der Waals surface area contributed by atoms with Gasteiger partial charge in [0.25, 0.3) is 0 Å². The quantitative estimate of drug-likeness (QED) is 0.774. The van der Waals surface area contributed by atoms with Crippen LogP contribution in [0.2, 0.25) is 0 Å². The Morgan fingerprint density at radius 3 is 2.57 bits per heavy atom. The number of halogens is 2. The summed E-state index contributed by atoms with van der Waals surface area (Å²) in [6.07, 6.45) is 0. The summed E-state index contributed by atoms with van der Waals surface area (Å²) < 4.78 is 0.800. The zero-order chi connectivity index (χ0) is 10.0. The summed E-state index contributed by atoms with van der Waals surface area (Å²) in [5.74, 6) is 0.229. The molecule has 5 heteroatoms. The first-order chi connectivity index (χ1) is 6.07. The minimum atomic E-state index is -0.325. The van der Waals surface area contributed by atoms with Crippen LogP contribution in [0.3, 0.4) is 0 Å². The Kier molecular flexibility index (Phi) is 5.44. The predicted molar refractivity (Wildman–Crippen MR) is 63.8 cm³/mol. The Hall–Kier alpha value is -0.290. The van der Waals surface area contributed by atoms with Crippen molar-refractivity contribution in [1.82, 2.24) is 0 Å². The lowest BCUT2D eigenvalue weighted by Crippen LogP contribution is -2.21. The first-order valence-electron chi connectivity index (χ1n) is 4.01. The van der Waals surface area contributed by atoms with E-state index in [4.69, 9.17) is 11.5 Å². The fourth-order valence-electron chi connectivity index (χ4n) is 1.16. The van der Waals surface area contributed by atoms with Gasteiger partial charge in [0.1, 0.15) is 5.75 Å². The molecule has 0 bridgehead atoms. The van der Waals surface area contributed by atoms with Crippen molar-refractivity contribution in [2.45, 2.75) is 13.0 Å². The van der Waals surface area contributed by atoms with Crippen LogP contribution in [0, 0.1) is 6.92 Å². The van der Waals surface area contributed by atoms with Gasteiger partial charge in [-0.15, -0.1) is 12.4 Å². The molecule has 0 aliphatic rings. The van der Waals surface area contributed by atoms with Crippen LogP contribution in [0.15, 0.2) is 16.6 Å². The molecule has 0 aromatic heterocycles. The first kappa shape index (κ1) is 13.7. The first-order valence-corrected chi connectivity index (χ1v) is 4.80. The Morgan fingerprint density at radius 1 is 1.50 bits per heavy atom. The van der Waals surface area contributed by atoms with E-state index in [0.717, 1.165) is 10.0 Å². The number of phenols is 1. The monoisotopic (exact) mass is 280 g/mol. The second-order valence-electron chi connectivity index (χ2n) is 2.97. The molecule has 1 rings (SSSR count). The summed E-state index contributed by atoms with van der Waals surface area (Å²) in [6, 6.07) is 3.36. The molecular formula is C9H14BrClN2O. The van der Waals surface area contributed by atoms with Crippen molar-refractivity contribution >= 4 is 28.3 Å². The number of phenolic OH excluding ortho intramolecular Hbond substituents is 1. The van der Waals surface area contributed by atoms with Gasteiger partial charge in [-0.05, 0) is 18.6 Å². The summed E-state index contributed by atoms with van der Waals surface area (Å²) in [5.41, 5.74) is 12.7. The smallest absolute Gasteiger partial charge is 0.124 e. The van der Waals surface area contributed by atoms with Crippen molar-refractivity contribution in [2.24, 2.45) is 11.5 Å². The maximum Gasteiger partial charge on any atom is 0.124 e. The molecule has 3 nitrogen and oxygen atoms in total. The van der Waals surface area contributed by atoms with E-state index in [-0.39, 0.29) is 24.2 Å². The highest BCUT2D eigenvalue weighted by atomic mass is 79.9. The lowest BCUT2D eigenvalue weighted by Gasteiger charge is -2.14. The van der Waals surface area contributed by atoms with E-state index in [9.17, 15) is 5.11 Å². The van der Waals surface area contributed by atoms with Crippen LogP contribution in [-0.4, -0.2) is 11.7 Å². The van der Waals surface area contributed by atoms with Crippen molar-refractivity contribution in [3.05, 3.63) is 27.7 Å². The molecule has 0 spiro atoms. The minimum Gasteiger partial charge on any atom is -0.507 e. The molecule has 0 aliphatic heterocycles. The van der Waals surface area contributed by atoms with Crippen molar-refractivity contribution in [1.29, 1.82) is 0 Å². The molecule has 80 valence electrons. The molecule has 0 aliphatic carbocycles. The van der Waals surface area contributed by atoms with Gasteiger partial charge in [0.15, 0.2) is 0 Å². The Labute approximate surface area is 98.0 Å². The number of aromatic hydroxyl groups is 1. The molecule has 1 aromatic rings. The molecular weight excluding hydrogens is 267 g/mol. The zero-order valence-electron chi connectivity index (χ0n) is 7.83. The maximum atomic E-state index is 9.71. The number of hydrogen-bond donors (Lipinski definition) is 3. The molecule has 0 saturated heterocycles. The SMILES string of the molecule is Cc1ccc(Br)c([C@H](N)CN)c1O.Cl. The van der Waals surface area contributed by atoms with Gasteiger partial charge >= 0.3 is 0 Å². The molecule has 0 amide bonds. The summed E-state index contributed by atoms with van der Waals surface area (Å²) in [6.45, 7) is 2.14. The van der Waals surface area contributed by atoms with Gasteiger partial charge in [0, 0.05) is 22.6 Å². The van der Waals surface area contributed by atoms with Crippen LogP contribution in [0.1, 0.15) is 17.2 Å². The van der Waals surface area contributed by atoms with E-state index in [1.165, 1.54) is 0 Å². The molecule has 0 heterocycles. The van der Waals surface area contributed by atoms with Gasteiger partial charge in [-0.3, -0.25) is 0 Å². The molecule has 0 unspecified atom stereocenters. The van der Waals surface area contributed by atoms with Crippen LogP contribution in [0.4, 0.5) is 0 Å². The summed E-state index contributed by atoms with van der Waals surface area (Å²) in [7, 11) is 0. The third kappa shape index (κ3) is 2.60. The highest BCUT2D eigenvalue weighted by Crippen LogP contribution is 2.32. The predicted octanol–water partition coefficient (Wildman–Crippen LogP) is 1.84. The van der Waals surface area contributed by atoms with E-state index in [0.29, 0.717) is 12.1 Å². The lowest BCUT2D eigenvalue weighted by atomic mass is 10.0. The third-order valence-corrected chi connectivity index (χ3v) is 2.68. The van der Waals surface area contributed by atoms with Gasteiger partial charge in [-0.25, -0.2) is 0 Å². The average molecular weight is 282 g/mol. The van der Waals surface area contributed by atoms with E-state index >= 15 is 0 Å². The second-order valence-corrected chi connectivity index (χ2v) is 3.82. The molecule has 1 aromatic carbocycles. The minimum absolute atomic E-state index is 0. The van der Waals surface area contributed by atoms with E-state index in [2.05, 4.69) is 15.9 Å². The van der Waals surface area contributed by atoms with Gasteiger partial charge in [-0.1, -0.05) is 22.0 Å². The van der Waals surface area contributed by atoms with Crippen LogP contribution in [-0.2, 0) is 0 Å². The normalized spacial score (nSPS) is 12.0. The highest BCUT2D eigenvalue weighted by Gasteiger charge is 2.14. The van der Waals surface area contributed by atoms with Crippen LogP contribution in [0.5, 0.6) is 5.75 Å². The number of rotatable bonds is 2. The lowest BCUT2D eigenvalue weighted by molar-refractivity contribution is 0.457. The van der Waals surface area contributed by atoms with Crippen molar-refractivity contribution in [3.8, 4) is 5.75 Å². The molecule has 5 N–H and O–H groups in total. The Balaban J connectivity index is 0.00000169. The maximum absolute atomic E-state index is 9.71. The van der Waals surface area contributed by atoms with Crippen molar-refractivity contribution in [2.75, 3.05) is 6.54 Å². The Bertz CT molecular complexity index is 320. The number of aryl methyl sites for hydroxylation is 1. The number of hydrogen-bond acceptors (Lipinski definition) is 3. The van der Waals surface area contributed by atoms with Crippen molar-refractivity contribution in [3.63, 3.8) is 0 Å². The fourth-order valence-corrected chi connectivity index (χ4v) is 1.78. The summed E-state index contributed by atoms with van der Waals surface area (Å²) in [4.78, 5) is 0. The van der Waals surface area contributed by atoms with Crippen LogP contribution in [0.25, 0.3) is 0 Å². The largest absolute Gasteiger partial charge is 0.507 e. The van der Waals surface area contributed by atoms with E-state index < -0.39 is 0 Å². The van der Waals surface area contributed by atoms with Crippen LogP contribution >= 0.6 is 28.3 Å². The molecule has 1 atom stereocenters. The third-order valence-electron chi connectivity index (χ3n) is 1.99. The number of benzene rings is 1. The molecule has 0 radical (unpaired) electrons. The van der Waals surface area contributed by atoms with Gasteiger partial charge in [-0.2, -0.15) is 0 Å². The topological polar surface area (TPSA) is 72.3 Å². The summed E-state index contributed by atoms with van der Waals surface area (Å²) >= 11 is 3.33. The zero-order valence-corrected chi connectivity index (χ0v) is 10.2. The molecule has 14 heavy (non-hydrogen) atoms. The van der Waals surface area contributed by atoms with Gasteiger partial charge < -0.3 is 16.6 Å². The average Bonchev–Trinajstić information content (AvgIpc) is 2.12. The molecule has 0 saturated carbocycles. The fraction of sp³-hybridized carbons (Fsp3) is 0.333. The van der Waals surface area contributed by atoms with Gasteiger partial charge in [0.05, 0.1) is 0 Å². The highest BCUT2D eigenvalue weighted by molar-refractivity contribution is 9.10. The van der Waals surface area contributed by atoms with E-state index in [1.807, 2.05) is 19.1 Å². The van der Waals surface area contributed by atoms with Crippen LogP contribution < -0.4 is 11.5 Å².